The Kier molecular flexibility index (Phi) is 6.71. The quantitative estimate of drug-likeness (QED) is 0.568. The van der Waals surface area contributed by atoms with Crippen molar-refractivity contribution >= 4 is 11.5 Å². The molecule has 1 saturated heterocycles. The molecule has 3 rings (SSSR count). The third-order valence-electron chi connectivity index (χ3n) is 4.77. The molecule has 0 bridgehead atoms. The van der Waals surface area contributed by atoms with Crippen LogP contribution in [-0.2, 0) is 17.5 Å². The number of alkyl halides is 3. The van der Waals surface area contributed by atoms with E-state index in [1.165, 1.54) is 11.0 Å². The van der Waals surface area contributed by atoms with Crippen LogP contribution in [0.15, 0.2) is 41.6 Å². The highest BCUT2D eigenvalue weighted by atomic mass is 19.4. The Labute approximate surface area is 167 Å². The number of benzene rings is 1. The molecule has 0 aliphatic carbocycles. The van der Waals surface area contributed by atoms with Crippen molar-refractivity contribution in [3.8, 4) is 5.75 Å². The third kappa shape index (κ3) is 5.68. The lowest BCUT2D eigenvalue weighted by Crippen LogP contribution is -3.12. The minimum Gasteiger partial charge on any atom is -0.496 e. The number of aromatic nitrogens is 1. The van der Waals surface area contributed by atoms with Crippen molar-refractivity contribution in [1.29, 1.82) is 0 Å². The van der Waals surface area contributed by atoms with Crippen LogP contribution < -0.4 is 15.1 Å². The Morgan fingerprint density at radius 2 is 2.00 bits per heavy atom. The van der Waals surface area contributed by atoms with Crippen LogP contribution in [0.4, 0.5) is 19.0 Å². The summed E-state index contributed by atoms with van der Waals surface area (Å²) < 4.78 is 48.7. The number of halogens is 3. The summed E-state index contributed by atoms with van der Waals surface area (Å²) in [6.07, 6.45) is -3.63. The molecule has 1 aromatic carbocycles. The number of hydrogen-bond donors (Lipinski definition) is 2. The van der Waals surface area contributed by atoms with Crippen LogP contribution in [0.3, 0.4) is 0 Å². The van der Waals surface area contributed by atoms with Crippen LogP contribution in [0.25, 0.3) is 0 Å². The molecule has 2 aromatic rings. The summed E-state index contributed by atoms with van der Waals surface area (Å²) in [6.45, 7) is 6.04. The van der Waals surface area contributed by atoms with Gasteiger partial charge in [-0.2, -0.15) is 18.3 Å². The second-order valence-corrected chi connectivity index (χ2v) is 6.80. The van der Waals surface area contributed by atoms with E-state index in [1.807, 2.05) is 25.1 Å². The molecule has 2 N–H and O–H groups in total. The number of quaternary nitrogens is 1. The molecule has 29 heavy (non-hydrogen) atoms. The van der Waals surface area contributed by atoms with Gasteiger partial charge in [-0.05, 0) is 42.8 Å². The van der Waals surface area contributed by atoms with Crippen molar-refractivity contribution in [2.75, 3.05) is 38.8 Å². The Bertz CT molecular complexity index is 848. The smallest absolute Gasteiger partial charge is 0.417 e. The Morgan fingerprint density at radius 3 is 2.62 bits per heavy atom. The number of pyridine rings is 1. The highest BCUT2D eigenvalue weighted by Gasteiger charge is 2.30. The molecule has 0 amide bonds. The fourth-order valence-corrected chi connectivity index (χ4v) is 3.08. The number of nitrogens with zero attached hydrogens (tertiary/aromatic N) is 2. The SMILES string of the molecule is COc1ccc(/C(C)=N\Nc2ccc(C(F)(F)F)cn2)cc1C[NH+]1CCOCC1. The summed E-state index contributed by atoms with van der Waals surface area (Å²) in [5.74, 6) is 1.06. The van der Waals surface area contributed by atoms with Crippen molar-refractivity contribution in [1.82, 2.24) is 4.98 Å². The number of methoxy groups -OCH3 is 1. The lowest BCUT2D eigenvalue weighted by molar-refractivity contribution is -0.921. The van der Waals surface area contributed by atoms with Crippen molar-refractivity contribution in [2.24, 2.45) is 5.10 Å². The molecule has 1 aromatic heterocycles. The molecule has 0 unspecified atom stereocenters. The number of morpholine rings is 1. The second kappa shape index (κ2) is 9.23. The standard InChI is InChI=1S/C20H23F3N4O2/c1-14(25-26-19-6-4-17(12-24-19)20(21,22)23)15-3-5-18(28-2)16(11-15)13-27-7-9-29-10-8-27/h3-6,11-12H,7-10,13H2,1-2H3,(H,24,26)/p+1/b25-14-. The second-order valence-electron chi connectivity index (χ2n) is 6.80. The molecule has 1 fully saturated rings. The van der Waals surface area contributed by atoms with Crippen LogP contribution in [0.5, 0.6) is 5.75 Å². The molecule has 0 spiro atoms. The average molecular weight is 409 g/mol. The lowest BCUT2D eigenvalue weighted by atomic mass is 10.1. The van der Waals surface area contributed by atoms with E-state index in [4.69, 9.17) is 9.47 Å². The van der Waals surface area contributed by atoms with Gasteiger partial charge in [-0.15, -0.1) is 0 Å². The van der Waals surface area contributed by atoms with Gasteiger partial charge >= 0.3 is 6.18 Å². The van der Waals surface area contributed by atoms with Crippen molar-refractivity contribution in [3.05, 3.63) is 53.2 Å². The minimum absolute atomic E-state index is 0.240. The van der Waals surface area contributed by atoms with Gasteiger partial charge in [0.2, 0.25) is 0 Å². The van der Waals surface area contributed by atoms with Crippen molar-refractivity contribution < 1.29 is 27.5 Å². The number of hydrazone groups is 1. The number of anilines is 1. The molecule has 0 atom stereocenters. The topological polar surface area (TPSA) is 60.2 Å². The largest absolute Gasteiger partial charge is 0.496 e. The van der Waals surface area contributed by atoms with E-state index < -0.39 is 11.7 Å². The zero-order valence-corrected chi connectivity index (χ0v) is 16.3. The molecule has 2 heterocycles. The molecular weight excluding hydrogens is 385 g/mol. The van der Waals surface area contributed by atoms with E-state index in [2.05, 4.69) is 15.5 Å². The van der Waals surface area contributed by atoms with Gasteiger partial charge in [0.05, 0.1) is 31.6 Å². The molecule has 9 heteroatoms. The van der Waals surface area contributed by atoms with E-state index in [0.29, 0.717) is 5.71 Å². The number of rotatable bonds is 6. The first kappa shape index (κ1) is 21.1. The van der Waals surface area contributed by atoms with E-state index in [-0.39, 0.29) is 5.82 Å². The lowest BCUT2D eigenvalue weighted by Gasteiger charge is -2.24. The fourth-order valence-electron chi connectivity index (χ4n) is 3.08. The summed E-state index contributed by atoms with van der Waals surface area (Å²) in [6, 6.07) is 8.05. The molecule has 1 aliphatic rings. The molecule has 1 aliphatic heterocycles. The van der Waals surface area contributed by atoms with Gasteiger partial charge in [-0.1, -0.05) is 0 Å². The van der Waals surface area contributed by atoms with Gasteiger partial charge in [-0.3, -0.25) is 5.43 Å². The predicted molar refractivity (Wildman–Crippen MR) is 103 cm³/mol. The zero-order valence-electron chi connectivity index (χ0n) is 16.3. The first-order chi connectivity index (χ1) is 13.9. The van der Waals surface area contributed by atoms with Crippen LogP contribution in [0, 0.1) is 0 Å². The van der Waals surface area contributed by atoms with Crippen LogP contribution in [-0.4, -0.2) is 44.1 Å². The minimum atomic E-state index is -4.41. The molecule has 6 nitrogen and oxygen atoms in total. The first-order valence-electron chi connectivity index (χ1n) is 9.29. The molecule has 156 valence electrons. The van der Waals surface area contributed by atoms with Gasteiger partial charge in [0.25, 0.3) is 0 Å². The zero-order chi connectivity index (χ0) is 20.9. The summed E-state index contributed by atoms with van der Waals surface area (Å²) in [5, 5.41) is 4.26. The van der Waals surface area contributed by atoms with Crippen molar-refractivity contribution in [2.45, 2.75) is 19.6 Å². The van der Waals surface area contributed by atoms with Crippen LogP contribution in [0.2, 0.25) is 0 Å². The van der Waals surface area contributed by atoms with E-state index >= 15 is 0 Å². The molecule has 0 saturated carbocycles. The maximum Gasteiger partial charge on any atom is 0.417 e. The Hall–Kier alpha value is -2.65. The first-order valence-corrected chi connectivity index (χ1v) is 9.29. The number of nitrogens with one attached hydrogen (secondary N) is 2. The Morgan fingerprint density at radius 1 is 1.24 bits per heavy atom. The number of ether oxygens (including phenoxy) is 2. The molecule has 0 radical (unpaired) electrons. The third-order valence-corrected chi connectivity index (χ3v) is 4.77. The molecular formula is C20H24F3N4O2+. The van der Waals surface area contributed by atoms with Crippen LogP contribution in [0.1, 0.15) is 23.6 Å². The van der Waals surface area contributed by atoms with Crippen molar-refractivity contribution in [3.63, 3.8) is 0 Å². The van der Waals surface area contributed by atoms with Crippen LogP contribution >= 0.6 is 0 Å². The maximum atomic E-state index is 12.6. The highest BCUT2D eigenvalue weighted by molar-refractivity contribution is 5.99. The van der Waals surface area contributed by atoms with Gasteiger partial charge in [0.1, 0.15) is 31.2 Å². The normalized spacial score (nSPS) is 16.0. The summed E-state index contributed by atoms with van der Waals surface area (Å²) in [7, 11) is 1.64. The van der Waals surface area contributed by atoms with E-state index in [0.717, 1.165) is 62.0 Å². The van der Waals surface area contributed by atoms with Gasteiger partial charge < -0.3 is 14.4 Å². The summed E-state index contributed by atoms with van der Waals surface area (Å²) in [5.41, 5.74) is 4.57. The fraction of sp³-hybridized carbons (Fsp3) is 0.400. The monoisotopic (exact) mass is 409 g/mol. The maximum absolute atomic E-state index is 12.6. The summed E-state index contributed by atoms with van der Waals surface area (Å²) in [4.78, 5) is 5.18. The number of hydrogen-bond acceptors (Lipinski definition) is 5. The van der Waals surface area contributed by atoms with Gasteiger partial charge in [-0.25, -0.2) is 4.98 Å². The highest BCUT2D eigenvalue weighted by Crippen LogP contribution is 2.28. The predicted octanol–water partition coefficient (Wildman–Crippen LogP) is 2.36. The van der Waals surface area contributed by atoms with Gasteiger partial charge in [0, 0.05) is 11.8 Å². The average Bonchev–Trinajstić information content (AvgIpc) is 2.72. The van der Waals surface area contributed by atoms with E-state index in [9.17, 15) is 13.2 Å². The Balaban J connectivity index is 1.72. The summed E-state index contributed by atoms with van der Waals surface area (Å²) >= 11 is 0. The van der Waals surface area contributed by atoms with Gasteiger partial charge in [0.15, 0.2) is 0 Å². The van der Waals surface area contributed by atoms with E-state index in [1.54, 1.807) is 7.11 Å².